The number of sulfone groups is 1. The highest BCUT2D eigenvalue weighted by molar-refractivity contribution is 7.90. The number of aryl methyl sites for hydroxylation is 1. The van der Waals surface area contributed by atoms with Crippen molar-refractivity contribution >= 4 is 21.2 Å². The van der Waals surface area contributed by atoms with Gasteiger partial charge in [0, 0.05) is 29.8 Å². The van der Waals surface area contributed by atoms with E-state index in [0.717, 1.165) is 10.7 Å². The van der Waals surface area contributed by atoms with Crippen LogP contribution < -0.4 is 11.3 Å². The summed E-state index contributed by atoms with van der Waals surface area (Å²) >= 11 is 1.57. The Morgan fingerprint density at radius 2 is 2.31 bits per heavy atom. The second-order valence-electron chi connectivity index (χ2n) is 3.87. The summed E-state index contributed by atoms with van der Waals surface area (Å²) in [5.41, 5.74) is 3.62. The maximum atomic E-state index is 11.0. The third kappa shape index (κ3) is 5.02. The number of aromatic nitrogens is 1. The Labute approximate surface area is 100.0 Å². The zero-order valence-corrected chi connectivity index (χ0v) is 11.1. The fraction of sp³-hybridized carbons (Fsp3) is 0.667. The van der Waals surface area contributed by atoms with Gasteiger partial charge in [0.05, 0.1) is 10.8 Å². The molecule has 0 bridgehead atoms. The summed E-state index contributed by atoms with van der Waals surface area (Å²) in [6.45, 7) is 1.93. The van der Waals surface area contributed by atoms with Crippen molar-refractivity contribution < 1.29 is 8.42 Å². The highest BCUT2D eigenvalue weighted by Gasteiger charge is 2.13. The van der Waals surface area contributed by atoms with E-state index >= 15 is 0 Å². The van der Waals surface area contributed by atoms with E-state index in [1.54, 1.807) is 11.3 Å². The number of hydrogen-bond donors (Lipinski definition) is 2. The Morgan fingerprint density at radius 3 is 2.75 bits per heavy atom. The van der Waals surface area contributed by atoms with Crippen LogP contribution in [-0.2, 0) is 16.3 Å². The van der Waals surface area contributed by atoms with Crippen LogP contribution in [0.15, 0.2) is 5.38 Å². The number of nitrogens with two attached hydrogens (primary N) is 1. The highest BCUT2D eigenvalue weighted by Crippen LogP contribution is 2.12. The van der Waals surface area contributed by atoms with Crippen molar-refractivity contribution in [1.82, 2.24) is 10.4 Å². The number of hydrazine groups is 1. The Bertz CT molecular complexity index is 428. The van der Waals surface area contributed by atoms with Gasteiger partial charge in [-0.15, -0.1) is 11.3 Å². The molecule has 0 spiro atoms. The van der Waals surface area contributed by atoms with E-state index in [2.05, 4.69) is 10.4 Å². The number of nitrogens with zero attached hydrogens (tertiary/aromatic N) is 1. The van der Waals surface area contributed by atoms with Gasteiger partial charge in [-0.05, 0) is 13.3 Å². The molecular weight excluding hydrogens is 246 g/mol. The monoisotopic (exact) mass is 263 g/mol. The van der Waals surface area contributed by atoms with Gasteiger partial charge in [0.1, 0.15) is 9.84 Å². The van der Waals surface area contributed by atoms with Gasteiger partial charge in [0.25, 0.3) is 0 Å². The summed E-state index contributed by atoms with van der Waals surface area (Å²) < 4.78 is 22.1. The van der Waals surface area contributed by atoms with Crippen LogP contribution in [-0.4, -0.2) is 31.5 Å². The van der Waals surface area contributed by atoms with E-state index in [0.29, 0.717) is 12.8 Å². The van der Waals surface area contributed by atoms with Gasteiger partial charge in [-0.3, -0.25) is 11.3 Å². The van der Waals surface area contributed by atoms with Crippen molar-refractivity contribution in [2.24, 2.45) is 5.84 Å². The topological polar surface area (TPSA) is 85.1 Å². The van der Waals surface area contributed by atoms with E-state index in [-0.39, 0.29) is 11.8 Å². The van der Waals surface area contributed by atoms with Crippen molar-refractivity contribution in [3.8, 4) is 0 Å². The molecule has 0 saturated carbocycles. The van der Waals surface area contributed by atoms with Gasteiger partial charge in [-0.25, -0.2) is 13.4 Å². The largest absolute Gasteiger partial charge is 0.271 e. The minimum atomic E-state index is -2.93. The van der Waals surface area contributed by atoms with Crippen molar-refractivity contribution in [2.75, 3.05) is 12.0 Å². The van der Waals surface area contributed by atoms with Gasteiger partial charge < -0.3 is 0 Å². The maximum absolute atomic E-state index is 11.0. The summed E-state index contributed by atoms with van der Waals surface area (Å²) in [5, 5.41) is 2.95. The molecule has 16 heavy (non-hydrogen) atoms. The molecule has 0 aliphatic rings. The molecule has 1 rings (SSSR count). The van der Waals surface area contributed by atoms with Gasteiger partial charge >= 0.3 is 0 Å². The summed E-state index contributed by atoms with van der Waals surface area (Å²) in [5.74, 6) is 5.53. The van der Waals surface area contributed by atoms with Gasteiger partial charge in [0.15, 0.2) is 0 Å². The molecule has 1 unspecified atom stereocenters. The predicted octanol–water partition coefficient (Wildman–Crippen LogP) is 0.261. The zero-order chi connectivity index (χ0) is 12.2. The van der Waals surface area contributed by atoms with E-state index in [9.17, 15) is 8.42 Å². The zero-order valence-electron chi connectivity index (χ0n) is 9.43. The minimum absolute atomic E-state index is 0.0414. The van der Waals surface area contributed by atoms with Crippen LogP contribution in [0, 0.1) is 6.92 Å². The highest BCUT2D eigenvalue weighted by atomic mass is 32.2. The molecule has 92 valence electrons. The minimum Gasteiger partial charge on any atom is -0.271 e. The Kier molecular flexibility index (Phi) is 4.85. The lowest BCUT2D eigenvalue weighted by Gasteiger charge is -2.13. The molecular formula is C9H17N3O2S2. The van der Waals surface area contributed by atoms with E-state index in [4.69, 9.17) is 5.84 Å². The molecule has 0 saturated heterocycles. The van der Waals surface area contributed by atoms with E-state index in [1.807, 2.05) is 12.3 Å². The molecule has 0 aromatic carbocycles. The molecule has 3 N–H and O–H groups in total. The van der Waals surface area contributed by atoms with Crippen LogP contribution in [0.5, 0.6) is 0 Å². The lowest BCUT2D eigenvalue weighted by Crippen LogP contribution is -2.38. The van der Waals surface area contributed by atoms with Crippen LogP contribution in [0.25, 0.3) is 0 Å². The molecule has 1 aromatic heterocycles. The third-order valence-corrected chi connectivity index (χ3v) is 4.13. The van der Waals surface area contributed by atoms with Crippen LogP contribution in [0.1, 0.15) is 17.1 Å². The van der Waals surface area contributed by atoms with Crippen molar-refractivity contribution in [1.29, 1.82) is 0 Å². The molecule has 0 fully saturated rings. The van der Waals surface area contributed by atoms with Crippen LogP contribution in [0.4, 0.5) is 0 Å². The quantitative estimate of drug-likeness (QED) is 0.568. The SMILES string of the molecule is Cc1csc(CC(CCS(C)(=O)=O)NN)n1. The van der Waals surface area contributed by atoms with Gasteiger partial charge in [-0.1, -0.05) is 0 Å². The van der Waals surface area contributed by atoms with E-state index < -0.39 is 9.84 Å². The maximum Gasteiger partial charge on any atom is 0.147 e. The van der Waals surface area contributed by atoms with Gasteiger partial charge in [0.2, 0.25) is 0 Å². The molecule has 0 aliphatic heterocycles. The van der Waals surface area contributed by atoms with Crippen LogP contribution in [0.2, 0.25) is 0 Å². The van der Waals surface area contributed by atoms with Crippen LogP contribution in [0.3, 0.4) is 0 Å². The lowest BCUT2D eigenvalue weighted by atomic mass is 10.2. The Balaban J connectivity index is 2.49. The first-order chi connectivity index (χ1) is 7.40. The van der Waals surface area contributed by atoms with Crippen molar-refractivity contribution in [3.63, 3.8) is 0 Å². The molecule has 0 radical (unpaired) electrons. The molecule has 0 aliphatic carbocycles. The summed E-state index contributed by atoms with van der Waals surface area (Å²) in [4.78, 5) is 4.32. The molecule has 1 heterocycles. The molecule has 1 aromatic rings. The number of rotatable bonds is 6. The molecule has 5 nitrogen and oxygen atoms in total. The second-order valence-corrected chi connectivity index (χ2v) is 7.07. The first-order valence-corrected chi connectivity index (χ1v) is 7.89. The van der Waals surface area contributed by atoms with Crippen LogP contribution >= 0.6 is 11.3 Å². The summed E-state index contributed by atoms with van der Waals surface area (Å²) in [6.07, 6.45) is 2.41. The first-order valence-electron chi connectivity index (χ1n) is 4.95. The third-order valence-electron chi connectivity index (χ3n) is 2.16. The first kappa shape index (κ1) is 13.6. The number of thiazole rings is 1. The number of nitrogens with one attached hydrogen (secondary N) is 1. The van der Waals surface area contributed by atoms with E-state index in [1.165, 1.54) is 6.26 Å². The molecule has 1 atom stereocenters. The normalized spacial score (nSPS) is 13.9. The lowest BCUT2D eigenvalue weighted by molar-refractivity contribution is 0.505. The van der Waals surface area contributed by atoms with Crippen molar-refractivity contribution in [3.05, 3.63) is 16.1 Å². The predicted molar refractivity (Wildman–Crippen MR) is 66.0 cm³/mol. The summed E-state index contributed by atoms with van der Waals surface area (Å²) in [7, 11) is -2.93. The Morgan fingerprint density at radius 1 is 1.62 bits per heavy atom. The standard InChI is InChI=1S/C9H17N3O2S2/c1-7-6-15-9(11-7)5-8(12-10)3-4-16(2,13)14/h6,8,12H,3-5,10H2,1-2H3. The second kappa shape index (κ2) is 5.72. The fourth-order valence-electron chi connectivity index (χ4n) is 1.31. The average Bonchev–Trinajstić information content (AvgIpc) is 2.57. The number of hydrogen-bond acceptors (Lipinski definition) is 6. The Hall–Kier alpha value is -0.500. The average molecular weight is 263 g/mol. The van der Waals surface area contributed by atoms with Crippen molar-refractivity contribution in [2.45, 2.75) is 25.8 Å². The fourth-order valence-corrected chi connectivity index (χ4v) is 2.87. The van der Waals surface area contributed by atoms with Gasteiger partial charge in [-0.2, -0.15) is 0 Å². The summed E-state index contributed by atoms with van der Waals surface area (Å²) in [6, 6.07) is -0.0414. The smallest absolute Gasteiger partial charge is 0.147 e. The molecule has 7 heteroatoms. The molecule has 0 amide bonds.